The first-order valence-electron chi connectivity index (χ1n) is 3.69. The maximum Gasteiger partial charge on any atom is 0.130 e. The van der Waals surface area contributed by atoms with Crippen LogP contribution in [0.2, 0.25) is 0 Å². The highest BCUT2D eigenvalue weighted by atomic mass is 79.9. The van der Waals surface area contributed by atoms with Gasteiger partial charge in [0, 0.05) is 5.88 Å². The van der Waals surface area contributed by atoms with Gasteiger partial charge in [0.05, 0.1) is 4.47 Å². The number of benzene rings is 1. The maximum atomic E-state index is 9.31. The summed E-state index contributed by atoms with van der Waals surface area (Å²) in [5.74, 6) is 0.892. The number of hydrogen-bond donors (Lipinski definition) is 1. The van der Waals surface area contributed by atoms with Crippen LogP contribution in [-0.4, -0.2) is 11.0 Å². The monoisotopic (exact) mass is 248 g/mol. The molecule has 66 valence electrons. The summed E-state index contributed by atoms with van der Waals surface area (Å²) in [5, 5.41) is 9.31. The average Bonchev–Trinajstić information content (AvgIpc) is 2.01. The van der Waals surface area contributed by atoms with Gasteiger partial charge in [-0.05, 0) is 52.5 Å². The number of rotatable bonds is 2. The van der Waals surface area contributed by atoms with Crippen LogP contribution in [-0.2, 0) is 6.42 Å². The predicted octanol–water partition coefficient (Wildman–Crippen LogP) is 3.24. The van der Waals surface area contributed by atoms with Crippen LogP contribution in [0, 0.1) is 6.92 Å². The Morgan fingerprint density at radius 2 is 2.17 bits per heavy atom. The van der Waals surface area contributed by atoms with Gasteiger partial charge in [0.25, 0.3) is 0 Å². The smallest absolute Gasteiger partial charge is 0.130 e. The third-order valence-corrected chi connectivity index (χ3v) is 2.59. The van der Waals surface area contributed by atoms with E-state index in [4.69, 9.17) is 11.6 Å². The van der Waals surface area contributed by atoms with Crippen molar-refractivity contribution in [2.75, 3.05) is 5.88 Å². The van der Waals surface area contributed by atoms with E-state index in [1.165, 1.54) is 5.56 Å². The number of aromatic hydroxyl groups is 1. The summed E-state index contributed by atoms with van der Waals surface area (Å²) >= 11 is 8.88. The van der Waals surface area contributed by atoms with Crippen LogP contribution in [0.5, 0.6) is 5.75 Å². The topological polar surface area (TPSA) is 20.2 Å². The van der Waals surface area contributed by atoms with Crippen LogP contribution in [0.3, 0.4) is 0 Å². The Balaban J connectivity index is 3.05. The minimum Gasteiger partial charge on any atom is -0.507 e. The van der Waals surface area contributed by atoms with Crippen molar-refractivity contribution in [3.63, 3.8) is 0 Å². The molecule has 0 atom stereocenters. The van der Waals surface area contributed by atoms with Crippen molar-refractivity contribution >= 4 is 27.5 Å². The molecule has 0 fully saturated rings. The van der Waals surface area contributed by atoms with Gasteiger partial charge >= 0.3 is 0 Å². The fraction of sp³-hybridized carbons (Fsp3) is 0.333. The average molecular weight is 250 g/mol. The zero-order chi connectivity index (χ0) is 9.14. The van der Waals surface area contributed by atoms with Crippen LogP contribution in [0.25, 0.3) is 0 Å². The molecule has 0 aliphatic carbocycles. The van der Waals surface area contributed by atoms with Crippen molar-refractivity contribution in [3.05, 3.63) is 27.7 Å². The molecule has 0 heterocycles. The molecular weight excluding hydrogens is 239 g/mol. The summed E-state index contributed by atoms with van der Waals surface area (Å²) in [4.78, 5) is 0. The fourth-order valence-electron chi connectivity index (χ4n) is 1.08. The highest BCUT2D eigenvalue weighted by Gasteiger charge is 2.03. The van der Waals surface area contributed by atoms with Gasteiger partial charge < -0.3 is 5.11 Å². The van der Waals surface area contributed by atoms with E-state index < -0.39 is 0 Å². The van der Waals surface area contributed by atoms with Crippen molar-refractivity contribution < 1.29 is 5.11 Å². The first kappa shape index (κ1) is 9.87. The predicted molar refractivity (Wildman–Crippen MR) is 55.0 cm³/mol. The Hall–Kier alpha value is -0.210. The fourth-order valence-corrected chi connectivity index (χ4v) is 1.67. The molecule has 3 heteroatoms. The number of hydrogen-bond acceptors (Lipinski definition) is 1. The minimum absolute atomic E-state index is 0.283. The molecule has 0 saturated carbocycles. The van der Waals surface area contributed by atoms with Crippen LogP contribution in [0.15, 0.2) is 16.6 Å². The Labute approximate surface area is 85.5 Å². The van der Waals surface area contributed by atoms with E-state index in [0.717, 1.165) is 16.5 Å². The lowest BCUT2D eigenvalue weighted by molar-refractivity contribution is 0.471. The van der Waals surface area contributed by atoms with E-state index in [1.54, 1.807) is 6.07 Å². The molecule has 0 amide bonds. The zero-order valence-electron chi connectivity index (χ0n) is 6.77. The molecule has 0 aliphatic rings. The molecular formula is C9H10BrClO. The summed E-state index contributed by atoms with van der Waals surface area (Å²) in [6, 6.07) is 3.65. The third-order valence-electron chi connectivity index (χ3n) is 1.77. The number of halogens is 2. The van der Waals surface area contributed by atoms with Gasteiger partial charge in [0.1, 0.15) is 5.75 Å². The lowest BCUT2D eigenvalue weighted by atomic mass is 10.1. The molecule has 12 heavy (non-hydrogen) atoms. The van der Waals surface area contributed by atoms with Gasteiger partial charge in [-0.2, -0.15) is 0 Å². The van der Waals surface area contributed by atoms with E-state index >= 15 is 0 Å². The molecule has 0 aliphatic heterocycles. The second-order valence-corrected chi connectivity index (χ2v) is 3.90. The molecule has 0 unspecified atom stereocenters. The molecule has 0 spiro atoms. The molecule has 0 radical (unpaired) electrons. The van der Waals surface area contributed by atoms with E-state index in [9.17, 15) is 5.11 Å². The van der Waals surface area contributed by atoms with Crippen LogP contribution < -0.4 is 0 Å². The Bertz CT molecular complexity index is 286. The molecule has 0 bridgehead atoms. The number of phenolic OH excluding ortho intramolecular Hbond substituents is 1. The zero-order valence-corrected chi connectivity index (χ0v) is 9.11. The maximum absolute atomic E-state index is 9.31. The quantitative estimate of drug-likeness (QED) is 0.798. The molecule has 1 rings (SSSR count). The Morgan fingerprint density at radius 1 is 1.50 bits per heavy atom. The van der Waals surface area contributed by atoms with Crippen LogP contribution >= 0.6 is 27.5 Å². The summed E-state index contributed by atoms with van der Waals surface area (Å²) in [7, 11) is 0. The second kappa shape index (κ2) is 4.15. The summed E-state index contributed by atoms with van der Waals surface area (Å²) < 4.78 is 0.730. The molecule has 0 saturated heterocycles. The number of phenols is 1. The van der Waals surface area contributed by atoms with E-state index in [-0.39, 0.29) is 5.75 Å². The normalized spacial score (nSPS) is 10.2. The van der Waals surface area contributed by atoms with Crippen molar-refractivity contribution in [3.8, 4) is 5.75 Å². The van der Waals surface area contributed by atoms with Crippen molar-refractivity contribution in [2.45, 2.75) is 13.3 Å². The van der Waals surface area contributed by atoms with Crippen molar-refractivity contribution in [1.82, 2.24) is 0 Å². The lowest BCUT2D eigenvalue weighted by Crippen LogP contribution is -1.90. The minimum atomic E-state index is 0.283. The molecule has 0 aromatic heterocycles. The first-order chi connectivity index (χ1) is 5.65. The lowest BCUT2D eigenvalue weighted by Gasteiger charge is -2.05. The largest absolute Gasteiger partial charge is 0.507 e. The van der Waals surface area contributed by atoms with Crippen molar-refractivity contribution in [2.24, 2.45) is 0 Å². The molecule has 1 nitrogen and oxygen atoms in total. The second-order valence-electron chi connectivity index (χ2n) is 2.67. The van der Waals surface area contributed by atoms with Gasteiger partial charge in [-0.25, -0.2) is 0 Å². The summed E-state index contributed by atoms with van der Waals surface area (Å²) in [6.07, 6.45) is 0.840. The Morgan fingerprint density at radius 3 is 2.75 bits per heavy atom. The summed E-state index contributed by atoms with van der Waals surface area (Å²) in [6.45, 7) is 1.97. The standard InChI is InChI=1S/C9H10BrClO/c1-6-4-9(12)8(10)5-7(6)2-3-11/h4-5,12H,2-3H2,1H3. The third kappa shape index (κ3) is 2.14. The number of alkyl halides is 1. The van der Waals surface area contributed by atoms with E-state index in [1.807, 2.05) is 13.0 Å². The van der Waals surface area contributed by atoms with Gasteiger partial charge in [-0.3, -0.25) is 0 Å². The molecule has 1 N–H and O–H groups in total. The van der Waals surface area contributed by atoms with Gasteiger partial charge in [0.2, 0.25) is 0 Å². The molecule has 1 aromatic carbocycles. The first-order valence-corrected chi connectivity index (χ1v) is 5.02. The van der Waals surface area contributed by atoms with Crippen molar-refractivity contribution in [1.29, 1.82) is 0 Å². The SMILES string of the molecule is Cc1cc(O)c(Br)cc1CCCl. The van der Waals surface area contributed by atoms with Gasteiger partial charge in [-0.1, -0.05) is 0 Å². The van der Waals surface area contributed by atoms with Gasteiger partial charge in [-0.15, -0.1) is 11.6 Å². The summed E-state index contributed by atoms with van der Waals surface area (Å²) in [5.41, 5.74) is 2.26. The highest BCUT2D eigenvalue weighted by Crippen LogP contribution is 2.27. The van der Waals surface area contributed by atoms with E-state index in [0.29, 0.717) is 5.88 Å². The van der Waals surface area contributed by atoms with Crippen LogP contribution in [0.1, 0.15) is 11.1 Å². The van der Waals surface area contributed by atoms with E-state index in [2.05, 4.69) is 15.9 Å². The number of aryl methyl sites for hydroxylation is 2. The molecule has 1 aromatic rings. The van der Waals surface area contributed by atoms with Crippen LogP contribution in [0.4, 0.5) is 0 Å². The highest BCUT2D eigenvalue weighted by molar-refractivity contribution is 9.10. The van der Waals surface area contributed by atoms with Gasteiger partial charge in [0.15, 0.2) is 0 Å². The Kier molecular flexibility index (Phi) is 3.41.